The molecule has 0 aliphatic carbocycles. The van der Waals surface area contributed by atoms with Crippen molar-refractivity contribution < 1.29 is 4.79 Å². The molecule has 2 aromatic heterocycles. The zero-order valence-electron chi connectivity index (χ0n) is 18.7. The molecule has 0 fully saturated rings. The highest BCUT2D eigenvalue weighted by Crippen LogP contribution is 2.35. The summed E-state index contributed by atoms with van der Waals surface area (Å²) < 4.78 is 2.91. The average molecular weight is 433 g/mol. The van der Waals surface area contributed by atoms with Crippen molar-refractivity contribution in [3.63, 3.8) is 0 Å². The smallest absolute Gasteiger partial charge is 0.278 e. The van der Waals surface area contributed by atoms with Gasteiger partial charge in [-0.3, -0.25) is 14.4 Å². The molecule has 0 unspecified atom stereocenters. The zero-order valence-corrected chi connectivity index (χ0v) is 19.5. The van der Waals surface area contributed by atoms with Crippen LogP contribution in [0, 0.1) is 6.92 Å². The molecule has 2 heterocycles. The summed E-state index contributed by atoms with van der Waals surface area (Å²) in [6.45, 7) is 10.8. The van der Waals surface area contributed by atoms with Crippen molar-refractivity contribution in [3.8, 4) is 0 Å². The molecule has 0 atom stereocenters. The van der Waals surface area contributed by atoms with Crippen LogP contribution in [-0.2, 0) is 6.54 Å². The molecule has 0 spiro atoms. The van der Waals surface area contributed by atoms with Crippen LogP contribution in [0.4, 0.5) is 5.13 Å². The van der Waals surface area contributed by atoms with Gasteiger partial charge < -0.3 is 0 Å². The summed E-state index contributed by atoms with van der Waals surface area (Å²) in [7, 11) is 0. The minimum Gasteiger partial charge on any atom is -0.278 e. The van der Waals surface area contributed by atoms with Crippen molar-refractivity contribution in [2.45, 2.75) is 53.1 Å². The molecule has 31 heavy (non-hydrogen) atoms. The summed E-state index contributed by atoms with van der Waals surface area (Å²) >= 11 is 1.56. The fraction of sp³-hybridized carbons (Fsp3) is 0.320. The van der Waals surface area contributed by atoms with Gasteiger partial charge in [0.1, 0.15) is 5.69 Å². The van der Waals surface area contributed by atoms with E-state index in [0.717, 1.165) is 21.5 Å². The molecule has 160 valence electrons. The van der Waals surface area contributed by atoms with Crippen LogP contribution in [0.15, 0.2) is 54.6 Å². The summed E-state index contributed by atoms with van der Waals surface area (Å²) in [6, 6.07) is 18.3. The average Bonchev–Trinajstić information content (AvgIpc) is 3.35. The quantitative estimate of drug-likeness (QED) is 0.356. The van der Waals surface area contributed by atoms with Crippen LogP contribution in [0.5, 0.6) is 0 Å². The first-order chi connectivity index (χ1) is 14.8. The van der Waals surface area contributed by atoms with E-state index in [-0.39, 0.29) is 11.9 Å². The first kappa shape index (κ1) is 21.2. The Morgan fingerprint density at radius 3 is 2.48 bits per heavy atom. The molecule has 0 aliphatic rings. The van der Waals surface area contributed by atoms with Gasteiger partial charge in [0, 0.05) is 6.04 Å². The van der Waals surface area contributed by atoms with Crippen molar-refractivity contribution in [2.24, 2.45) is 0 Å². The monoisotopic (exact) mass is 432 g/mol. The lowest BCUT2D eigenvalue weighted by atomic mass is 10.0. The lowest BCUT2D eigenvalue weighted by Crippen LogP contribution is -2.32. The number of para-hydroxylation sites is 1. The number of amides is 1. The molecule has 1 amide bonds. The fourth-order valence-electron chi connectivity index (χ4n) is 3.74. The standard InChI is InChI=1S/C25H28N4OS/c1-16(2)20-12-9-13-22-23(20)26-25(31-22)28(15-19-10-7-6-8-11-19)24(30)21-14-18(5)27-29(21)17(3)4/h6-14,16-17H,15H2,1-5H3. The van der Waals surface area contributed by atoms with E-state index >= 15 is 0 Å². The third-order valence-corrected chi connectivity index (χ3v) is 6.33. The number of thiazole rings is 1. The maximum Gasteiger partial charge on any atom is 0.278 e. The number of nitrogens with zero attached hydrogens (tertiary/aromatic N) is 4. The lowest BCUT2D eigenvalue weighted by molar-refractivity contribution is 0.0973. The summed E-state index contributed by atoms with van der Waals surface area (Å²) in [4.78, 5) is 20.6. The van der Waals surface area contributed by atoms with Crippen LogP contribution >= 0.6 is 11.3 Å². The Labute approximate surface area is 187 Å². The zero-order chi connectivity index (χ0) is 22.1. The van der Waals surface area contributed by atoms with Crippen molar-refractivity contribution in [2.75, 3.05) is 4.90 Å². The van der Waals surface area contributed by atoms with E-state index in [9.17, 15) is 4.79 Å². The SMILES string of the molecule is Cc1cc(C(=O)N(Cc2ccccc2)c2nc3c(C(C)C)cccc3s2)n(C(C)C)n1. The van der Waals surface area contributed by atoms with E-state index in [0.29, 0.717) is 23.3 Å². The number of benzene rings is 2. The fourth-order valence-corrected chi connectivity index (χ4v) is 4.74. The Kier molecular flexibility index (Phi) is 5.92. The van der Waals surface area contributed by atoms with Crippen LogP contribution in [0.3, 0.4) is 0 Å². The number of carbonyl (C=O) groups is 1. The van der Waals surface area contributed by atoms with E-state index in [1.807, 2.05) is 61.9 Å². The van der Waals surface area contributed by atoms with Gasteiger partial charge in [0.15, 0.2) is 5.13 Å². The highest BCUT2D eigenvalue weighted by Gasteiger charge is 2.26. The van der Waals surface area contributed by atoms with Crippen molar-refractivity contribution in [1.29, 1.82) is 0 Å². The highest BCUT2D eigenvalue weighted by molar-refractivity contribution is 7.22. The minimum absolute atomic E-state index is 0.0803. The number of rotatable bonds is 6. The predicted octanol–water partition coefficient (Wildman–Crippen LogP) is 6.35. The second-order valence-corrected chi connectivity index (χ2v) is 9.44. The van der Waals surface area contributed by atoms with E-state index in [1.54, 1.807) is 16.2 Å². The van der Waals surface area contributed by atoms with E-state index < -0.39 is 0 Å². The number of hydrogen-bond acceptors (Lipinski definition) is 4. The summed E-state index contributed by atoms with van der Waals surface area (Å²) in [5.41, 5.74) is 4.67. The molecule has 2 aromatic carbocycles. The molecule has 0 saturated heterocycles. The number of aryl methyl sites for hydroxylation is 1. The van der Waals surface area contributed by atoms with E-state index in [4.69, 9.17) is 4.98 Å². The predicted molar refractivity (Wildman–Crippen MR) is 128 cm³/mol. The van der Waals surface area contributed by atoms with Gasteiger partial charge in [-0.25, -0.2) is 4.98 Å². The molecule has 6 heteroatoms. The first-order valence-electron chi connectivity index (χ1n) is 10.7. The third-order valence-electron chi connectivity index (χ3n) is 5.29. The maximum atomic E-state index is 13.8. The molecule has 5 nitrogen and oxygen atoms in total. The Hall–Kier alpha value is -2.99. The first-order valence-corrected chi connectivity index (χ1v) is 11.5. The number of anilines is 1. The molecule has 0 bridgehead atoms. The van der Waals surface area contributed by atoms with Gasteiger partial charge >= 0.3 is 0 Å². The Bertz CT molecular complexity index is 1210. The van der Waals surface area contributed by atoms with Crippen LogP contribution in [0.25, 0.3) is 10.2 Å². The maximum absolute atomic E-state index is 13.8. The van der Waals surface area contributed by atoms with Crippen molar-refractivity contribution in [3.05, 3.63) is 77.1 Å². The molecule has 4 aromatic rings. The molecule has 0 saturated carbocycles. The number of carbonyl (C=O) groups excluding carboxylic acids is 1. The minimum atomic E-state index is -0.0803. The Morgan fingerprint density at radius 1 is 1.06 bits per heavy atom. The second-order valence-electron chi connectivity index (χ2n) is 8.43. The Morgan fingerprint density at radius 2 is 1.81 bits per heavy atom. The lowest BCUT2D eigenvalue weighted by Gasteiger charge is -2.21. The van der Waals surface area contributed by atoms with E-state index in [2.05, 4.69) is 37.1 Å². The highest BCUT2D eigenvalue weighted by atomic mass is 32.1. The molecule has 0 radical (unpaired) electrons. The van der Waals surface area contributed by atoms with Gasteiger partial charge in [0.05, 0.1) is 22.5 Å². The molecule has 4 rings (SSSR count). The number of hydrogen-bond donors (Lipinski definition) is 0. The topological polar surface area (TPSA) is 51.0 Å². The molecular formula is C25H28N4OS. The van der Waals surface area contributed by atoms with Gasteiger partial charge in [-0.1, -0.05) is 67.6 Å². The third kappa shape index (κ3) is 4.26. The Balaban J connectivity index is 1.83. The van der Waals surface area contributed by atoms with Gasteiger partial charge in [-0.15, -0.1) is 0 Å². The number of fused-ring (bicyclic) bond motifs is 1. The summed E-state index contributed by atoms with van der Waals surface area (Å²) in [5, 5.41) is 5.26. The van der Waals surface area contributed by atoms with Crippen LogP contribution in [0.1, 0.15) is 67.0 Å². The van der Waals surface area contributed by atoms with E-state index in [1.165, 1.54) is 5.56 Å². The molecular weight excluding hydrogens is 404 g/mol. The van der Waals surface area contributed by atoms with Crippen LogP contribution in [-0.4, -0.2) is 20.7 Å². The van der Waals surface area contributed by atoms with Gasteiger partial charge in [-0.2, -0.15) is 5.10 Å². The van der Waals surface area contributed by atoms with Gasteiger partial charge in [0.25, 0.3) is 5.91 Å². The normalized spacial score (nSPS) is 11.6. The number of aromatic nitrogens is 3. The second kappa shape index (κ2) is 8.63. The summed E-state index contributed by atoms with van der Waals surface area (Å²) in [5.74, 6) is 0.283. The molecule has 0 aliphatic heterocycles. The van der Waals surface area contributed by atoms with Crippen LogP contribution < -0.4 is 4.90 Å². The van der Waals surface area contributed by atoms with Crippen molar-refractivity contribution in [1.82, 2.24) is 14.8 Å². The van der Waals surface area contributed by atoms with Crippen LogP contribution in [0.2, 0.25) is 0 Å². The van der Waals surface area contributed by atoms with Gasteiger partial charge in [0.2, 0.25) is 0 Å². The molecule has 0 N–H and O–H groups in total. The van der Waals surface area contributed by atoms with Gasteiger partial charge in [-0.05, 0) is 49.9 Å². The summed E-state index contributed by atoms with van der Waals surface area (Å²) in [6.07, 6.45) is 0. The largest absolute Gasteiger partial charge is 0.278 e. The van der Waals surface area contributed by atoms with Crippen molar-refractivity contribution >= 4 is 32.6 Å².